The molecule has 1 aromatic rings. The summed E-state index contributed by atoms with van der Waals surface area (Å²) >= 11 is 0. The Hall–Kier alpha value is -3.55. The zero-order valence-corrected chi connectivity index (χ0v) is 20.9. The molecule has 0 fully saturated rings. The SMILES string of the molecule is C=CCC(/C=C\C)C(=NC(=C)CCOc1ccc(CCC(=O)O)c2c1CN(C(=O)OCC)C2)OC. The van der Waals surface area contributed by atoms with Crippen LogP contribution in [0.3, 0.4) is 0 Å². The van der Waals surface area contributed by atoms with Gasteiger partial charge in [-0.15, -0.1) is 6.58 Å². The highest BCUT2D eigenvalue weighted by Gasteiger charge is 2.29. The summed E-state index contributed by atoms with van der Waals surface area (Å²) in [5.74, 6) is 0.365. The van der Waals surface area contributed by atoms with Crippen LogP contribution < -0.4 is 4.74 Å². The minimum absolute atomic E-state index is 0.00403. The predicted octanol–water partition coefficient (Wildman–Crippen LogP) is 5.27. The topological polar surface area (TPSA) is 97.7 Å². The summed E-state index contributed by atoms with van der Waals surface area (Å²) in [7, 11) is 1.59. The van der Waals surface area contributed by atoms with E-state index in [9.17, 15) is 9.59 Å². The molecule has 1 aliphatic heterocycles. The molecule has 2 rings (SSSR count). The van der Waals surface area contributed by atoms with E-state index in [-0.39, 0.29) is 18.9 Å². The van der Waals surface area contributed by atoms with E-state index in [1.54, 1.807) is 18.9 Å². The Kier molecular flexibility index (Phi) is 11.1. The number of nitrogens with zero attached hydrogens (tertiary/aromatic N) is 2. The van der Waals surface area contributed by atoms with Gasteiger partial charge in [-0.1, -0.05) is 30.9 Å². The van der Waals surface area contributed by atoms with Gasteiger partial charge in [0.05, 0.1) is 39.3 Å². The first-order valence-corrected chi connectivity index (χ1v) is 11.8. The number of hydrogen-bond acceptors (Lipinski definition) is 6. The van der Waals surface area contributed by atoms with Gasteiger partial charge in [0.1, 0.15) is 5.75 Å². The van der Waals surface area contributed by atoms with E-state index < -0.39 is 12.1 Å². The van der Waals surface area contributed by atoms with Crippen molar-refractivity contribution in [3.8, 4) is 5.75 Å². The first-order chi connectivity index (χ1) is 16.8. The molecule has 8 heteroatoms. The number of aliphatic carboxylic acids is 1. The molecule has 1 aromatic carbocycles. The van der Waals surface area contributed by atoms with Crippen molar-refractivity contribution in [2.75, 3.05) is 20.3 Å². The van der Waals surface area contributed by atoms with Crippen LogP contribution in [0.4, 0.5) is 4.79 Å². The number of amides is 1. The highest BCUT2D eigenvalue weighted by molar-refractivity contribution is 5.81. The monoisotopic (exact) mass is 484 g/mol. The van der Waals surface area contributed by atoms with E-state index in [4.69, 9.17) is 19.3 Å². The van der Waals surface area contributed by atoms with Crippen molar-refractivity contribution in [2.45, 2.75) is 52.6 Å². The van der Waals surface area contributed by atoms with Crippen molar-refractivity contribution in [2.24, 2.45) is 10.9 Å². The standard InChI is InChI=1S/C27H36N2O6/c1-6-9-21(10-7-2)26(33-5)28-19(4)15-16-35-24-13-11-20(12-14-25(30)31)22-17-29(18-23(22)24)27(32)34-8-3/h6-7,10-11,13,21H,1,4,8-9,12,14-18H2,2-3,5H3,(H,30,31)/b10-7-,28-26?. The fraction of sp³-hybridized carbons (Fsp3) is 0.444. The van der Waals surface area contributed by atoms with Gasteiger partial charge in [-0.3, -0.25) is 9.69 Å². The summed E-state index contributed by atoms with van der Waals surface area (Å²) in [4.78, 5) is 29.5. The third kappa shape index (κ3) is 8.02. The normalized spacial score (nSPS) is 13.9. The first kappa shape index (κ1) is 27.7. The summed E-state index contributed by atoms with van der Waals surface area (Å²) in [5, 5.41) is 9.08. The summed E-state index contributed by atoms with van der Waals surface area (Å²) < 4.78 is 16.7. The number of ether oxygens (including phenoxy) is 3. The number of aryl methyl sites for hydroxylation is 1. The average molecular weight is 485 g/mol. The lowest BCUT2D eigenvalue weighted by Gasteiger charge is -2.15. The zero-order chi connectivity index (χ0) is 25.8. The van der Waals surface area contributed by atoms with Crippen LogP contribution in [0.25, 0.3) is 0 Å². The Bertz CT molecular complexity index is 982. The molecular weight excluding hydrogens is 448 g/mol. The van der Waals surface area contributed by atoms with Crippen molar-refractivity contribution in [3.05, 3.63) is 65.9 Å². The summed E-state index contributed by atoms with van der Waals surface area (Å²) in [6.45, 7) is 12.9. The molecule has 1 heterocycles. The number of carboxylic acid groups (broad SMARTS) is 1. The molecular formula is C27H36N2O6. The quantitative estimate of drug-likeness (QED) is 0.233. The molecule has 0 aliphatic carbocycles. The molecule has 1 atom stereocenters. The number of hydrogen-bond donors (Lipinski definition) is 1. The molecule has 0 radical (unpaired) electrons. The van der Waals surface area contributed by atoms with E-state index in [1.165, 1.54) is 0 Å². The van der Waals surface area contributed by atoms with Crippen LogP contribution in [0.1, 0.15) is 49.8 Å². The van der Waals surface area contributed by atoms with Crippen LogP contribution in [0.15, 0.2) is 54.2 Å². The number of rotatable bonds is 13. The maximum Gasteiger partial charge on any atom is 0.410 e. The van der Waals surface area contributed by atoms with Crippen LogP contribution in [0, 0.1) is 5.92 Å². The Morgan fingerprint density at radius 2 is 2.00 bits per heavy atom. The fourth-order valence-corrected chi connectivity index (χ4v) is 3.93. The molecule has 1 aliphatic rings. The van der Waals surface area contributed by atoms with Crippen LogP contribution in [0.5, 0.6) is 5.75 Å². The lowest BCUT2D eigenvalue weighted by atomic mass is 9.99. The maximum absolute atomic E-state index is 12.3. The number of allylic oxidation sites excluding steroid dienone is 2. The molecule has 8 nitrogen and oxygen atoms in total. The van der Waals surface area contributed by atoms with Gasteiger partial charge in [-0.05, 0) is 43.9 Å². The molecule has 1 N–H and O–H groups in total. The molecule has 0 aromatic heterocycles. The second-order valence-corrected chi connectivity index (χ2v) is 8.10. The van der Waals surface area contributed by atoms with Gasteiger partial charge in [0, 0.05) is 24.1 Å². The van der Waals surface area contributed by atoms with Crippen LogP contribution in [-0.2, 0) is 33.8 Å². The Morgan fingerprint density at radius 3 is 2.63 bits per heavy atom. The van der Waals surface area contributed by atoms with Gasteiger partial charge in [-0.2, -0.15) is 0 Å². The second kappa shape index (κ2) is 14.0. The van der Waals surface area contributed by atoms with Crippen LogP contribution in [0.2, 0.25) is 0 Å². The Labute approximate surface area is 207 Å². The Balaban J connectivity index is 2.12. The van der Waals surface area contributed by atoms with E-state index in [2.05, 4.69) is 18.2 Å². The molecule has 1 amide bonds. The first-order valence-electron chi connectivity index (χ1n) is 11.8. The lowest BCUT2D eigenvalue weighted by molar-refractivity contribution is -0.136. The van der Waals surface area contributed by atoms with Gasteiger partial charge < -0.3 is 19.3 Å². The molecule has 0 saturated heterocycles. The average Bonchev–Trinajstić information content (AvgIpc) is 3.28. The third-order valence-corrected chi connectivity index (χ3v) is 5.61. The van der Waals surface area contributed by atoms with E-state index in [0.717, 1.165) is 16.7 Å². The molecule has 0 saturated carbocycles. The number of carbonyl (C=O) groups excluding carboxylic acids is 1. The van der Waals surface area contributed by atoms with Crippen LogP contribution in [-0.4, -0.2) is 48.3 Å². The van der Waals surface area contributed by atoms with Gasteiger partial charge in [0.25, 0.3) is 0 Å². The molecule has 35 heavy (non-hydrogen) atoms. The number of carboxylic acids is 1. The van der Waals surface area contributed by atoms with Crippen molar-refractivity contribution in [3.63, 3.8) is 0 Å². The number of benzene rings is 1. The zero-order valence-electron chi connectivity index (χ0n) is 20.9. The van der Waals surface area contributed by atoms with Gasteiger partial charge >= 0.3 is 12.1 Å². The van der Waals surface area contributed by atoms with Gasteiger partial charge in [0.2, 0.25) is 0 Å². The fourth-order valence-electron chi connectivity index (χ4n) is 3.93. The van der Waals surface area contributed by atoms with Gasteiger partial charge in [-0.25, -0.2) is 9.79 Å². The van der Waals surface area contributed by atoms with Gasteiger partial charge in [0.15, 0.2) is 5.90 Å². The van der Waals surface area contributed by atoms with E-state index >= 15 is 0 Å². The lowest BCUT2D eigenvalue weighted by Crippen LogP contribution is -2.26. The number of aliphatic imine (C=N–C) groups is 1. The number of methoxy groups -OCH3 is 1. The summed E-state index contributed by atoms with van der Waals surface area (Å²) in [5.41, 5.74) is 3.33. The molecule has 1 unspecified atom stereocenters. The van der Waals surface area contributed by atoms with E-state index in [0.29, 0.717) is 56.3 Å². The highest BCUT2D eigenvalue weighted by atomic mass is 16.6. The summed E-state index contributed by atoms with van der Waals surface area (Å²) in [6, 6.07) is 3.71. The van der Waals surface area contributed by atoms with Crippen molar-refractivity contribution >= 4 is 18.0 Å². The third-order valence-electron chi connectivity index (χ3n) is 5.61. The van der Waals surface area contributed by atoms with Crippen LogP contribution >= 0.6 is 0 Å². The highest BCUT2D eigenvalue weighted by Crippen LogP contribution is 2.35. The molecule has 0 bridgehead atoms. The smallest absolute Gasteiger partial charge is 0.410 e. The Morgan fingerprint density at radius 1 is 1.26 bits per heavy atom. The minimum atomic E-state index is -0.862. The predicted molar refractivity (Wildman–Crippen MR) is 135 cm³/mol. The second-order valence-electron chi connectivity index (χ2n) is 8.10. The number of carbonyl (C=O) groups is 2. The largest absolute Gasteiger partial charge is 0.493 e. The van der Waals surface area contributed by atoms with Crippen molar-refractivity contribution < 1.29 is 28.9 Å². The summed E-state index contributed by atoms with van der Waals surface area (Å²) in [6.07, 6.45) is 6.99. The molecule has 0 spiro atoms. The van der Waals surface area contributed by atoms with Crippen molar-refractivity contribution in [1.29, 1.82) is 0 Å². The maximum atomic E-state index is 12.3. The molecule has 190 valence electrons. The van der Waals surface area contributed by atoms with Crippen molar-refractivity contribution in [1.82, 2.24) is 4.90 Å². The minimum Gasteiger partial charge on any atom is -0.493 e. The van der Waals surface area contributed by atoms with E-state index in [1.807, 2.05) is 37.3 Å². The number of fused-ring (bicyclic) bond motifs is 1.